The molecule has 10 nitrogen and oxygen atoms in total. The molecule has 0 spiro atoms. The number of hydrogen-bond donors (Lipinski definition) is 3. The molecule has 0 aromatic carbocycles. The molecule has 0 atom stereocenters. The third-order valence-corrected chi connectivity index (χ3v) is 3.89. The summed E-state index contributed by atoms with van der Waals surface area (Å²) in [5, 5.41) is 10.3. The molecule has 1 saturated heterocycles. The van der Waals surface area contributed by atoms with Crippen molar-refractivity contribution in [1.29, 1.82) is 0 Å². The molecule has 13 heteroatoms. The van der Waals surface area contributed by atoms with E-state index in [-0.39, 0.29) is 5.91 Å². The van der Waals surface area contributed by atoms with Gasteiger partial charge in [0.2, 0.25) is 0 Å². The van der Waals surface area contributed by atoms with Gasteiger partial charge in [0.05, 0.1) is 23.9 Å². The van der Waals surface area contributed by atoms with Crippen molar-refractivity contribution in [3.63, 3.8) is 0 Å². The number of hydrogen-bond acceptors (Lipinski definition) is 7. The van der Waals surface area contributed by atoms with Gasteiger partial charge in [0.1, 0.15) is 0 Å². The summed E-state index contributed by atoms with van der Waals surface area (Å²) in [5.41, 5.74) is 1.44. The lowest BCUT2D eigenvalue weighted by Gasteiger charge is -2.27. The Morgan fingerprint density at radius 1 is 1.13 bits per heavy atom. The number of aromatic amines is 1. The minimum atomic E-state index is -5.08. The molecule has 30 heavy (non-hydrogen) atoms. The third kappa shape index (κ3) is 6.01. The Morgan fingerprint density at radius 3 is 2.20 bits per heavy atom. The second-order valence-electron chi connectivity index (χ2n) is 5.93. The number of alkyl halides is 3. The molecule has 3 rings (SSSR count). The van der Waals surface area contributed by atoms with E-state index in [0.29, 0.717) is 35.7 Å². The van der Waals surface area contributed by atoms with Gasteiger partial charge in [0, 0.05) is 44.8 Å². The average molecular weight is 429 g/mol. The van der Waals surface area contributed by atoms with Crippen LogP contribution >= 0.6 is 0 Å². The largest absolute Gasteiger partial charge is 0.490 e. The Bertz CT molecular complexity index is 892. The van der Waals surface area contributed by atoms with Crippen molar-refractivity contribution < 1.29 is 37.4 Å². The first-order chi connectivity index (χ1) is 14.1. The average Bonchev–Trinajstić information content (AvgIpc) is 3.23. The number of methoxy groups -OCH3 is 1. The Balaban J connectivity index is 0.000000396. The van der Waals surface area contributed by atoms with E-state index < -0.39 is 18.1 Å². The fourth-order valence-corrected chi connectivity index (χ4v) is 2.39. The maximum atomic E-state index is 12.3. The molecule has 1 fully saturated rings. The van der Waals surface area contributed by atoms with Crippen molar-refractivity contribution in [2.24, 2.45) is 0 Å². The van der Waals surface area contributed by atoms with Gasteiger partial charge in [-0.3, -0.25) is 4.79 Å². The number of aliphatic carboxylic acids is 1. The smallest absolute Gasteiger partial charge is 0.475 e. The zero-order valence-corrected chi connectivity index (χ0v) is 15.7. The van der Waals surface area contributed by atoms with Gasteiger partial charge >= 0.3 is 18.1 Å². The van der Waals surface area contributed by atoms with E-state index in [2.05, 4.69) is 25.0 Å². The van der Waals surface area contributed by atoms with E-state index in [1.165, 1.54) is 25.7 Å². The number of carboxylic acids is 1. The molecular weight excluding hydrogens is 411 g/mol. The molecule has 0 saturated carbocycles. The SMILES string of the molecule is COC(=O)c1c[nH]c(-c2ncc(C(=O)N3CCNCC3)cn2)c1.O=C(O)C(F)(F)F. The van der Waals surface area contributed by atoms with Gasteiger partial charge in [-0.25, -0.2) is 19.6 Å². The molecule has 2 aromatic rings. The highest BCUT2D eigenvalue weighted by Crippen LogP contribution is 2.16. The van der Waals surface area contributed by atoms with Gasteiger partial charge in [-0.1, -0.05) is 0 Å². The van der Waals surface area contributed by atoms with Gasteiger partial charge in [0.25, 0.3) is 5.91 Å². The lowest BCUT2D eigenvalue weighted by atomic mass is 10.2. The molecule has 0 bridgehead atoms. The van der Waals surface area contributed by atoms with Crippen molar-refractivity contribution in [3.8, 4) is 11.5 Å². The van der Waals surface area contributed by atoms with Crippen LogP contribution < -0.4 is 5.32 Å². The molecular formula is C17H18F3N5O5. The number of nitrogens with zero attached hydrogens (tertiary/aromatic N) is 3. The number of H-pyrrole nitrogens is 1. The maximum absolute atomic E-state index is 12.3. The van der Waals surface area contributed by atoms with Crippen LogP contribution in [0.4, 0.5) is 13.2 Å². The maximum Gasteiger partial charge on any atom is 0.490 e. The second-order valence-corrected chi connectivity index (χ2v) is 5.93. The number of carboxylic acid groups (broad SMARTS) is 1. The summed E-state index contributed by atoms with van der Waals surface area (Å²) in [5.74, 6) is -2.85. The van der Waals surface area contributed by atoms with Crippen molar-refractivity contribution in [1.82, 2.24) is 25.2 Å². The zero-order valence-electron chi connectivity index (χ0n) is 15.7. The molecule has 1 amide bonds. The molecule has 0 radical (unpaired) electrons. The van der Waals surface area contributed by atoms with Crippen molar-refractivity contribution in [3.05, 3.63) is 35.8 Å². The highest BCUT2D eigenvalue weighted by Gasteiger charge is 2.38. The minimum absolute atomic E-state index is 0.0696. The fraction of sp³-hybridized carbons (Fsp3) is 0.353. The van der Waals surface area contributed by atoms with Gasteiger partial charge < -0.3 is 25.0 Å². The number of aromatic nitrogens is 3. The van der Waals surface area contributed by atoms with E-state index in [1.54, 1.807) is 11.0 Å². The Morgan fingerprint density at radius 2 is 1.70 bits per heavy atom. The number of rotatable bonds is 3. The van der Waals surface area contributed by atoms with Crippen molar-refractivity contribution in [2.75, 3.05) is 33.3 Å². The monoisotopic (exact) mass is 429 g/mol. The van der Waals surface area contributed by atoms with Crippen LogP contribution in [-0.2, 0) is 9.53 Å². The van der Waals surface area contributed by atoms with E-state index in [4.69, 9.17) is 9.90 Å². The van der Waals surface area contributed by atoms with Crippen LogP contribution in [0.15, 0.2) is 24.7 Å². The van der Waals surface area contributed by atoms with E-state index in [0.717, 1.165) is 13.1 Å². The van der Waals surface area contributed by atoms with E-state index >= 15 is 0 Å². The fourth-order valence-electron chi connectivity index (χ4n) is 2.39. The Hall–Kier alpha value is -3.48. The molecule has 1 aliphatic rings. The number of piperazine rings is 1. The summed E-state index contributed by atoms with van der Waals surface area (Å²) in [6.07, 6.45) is -0.541. The van der Waals surface area contributed by atoms with Gasteiger partial charge in [-0.15, -0.1) is 0 Å². The van der Waals surface area contributed by atoms with Gasteiger partial charge in [-0.05, 0) is 6.07 Å². The number of esters is 1. The second kappa shape index (κ2) is 9.82. The van der Waals surface area contributed by atoms with E-state index in [1.807, 2.05) is 0 Å². The molecule has 1 aliphatic heterocycles. The number of halogens is 3. The van der Waals surface area contributed by atoms with Crippen LogP contribution in [0.3, 0.4) is 0 Å². The van der Waals surface area contributed by atoms with Gasteiger partial charge in [-0.2, -0.15) is 13.2 Å². The number of nitrogens with one attached hydrogen (secondary N) is 2. The van der Waals surface area contributed by atoms with Gasteiger partial charge in [0.15, 0.2) is 5.82 Å². The van der Waals surface area contributed by atoms with E-state index in [9.17, 15) is 22.8 Å². The summed E-state index contributed by atoms with van der Waals surface area (Å²) in [6, 6.07) is 1.61. The van der Waals surface area contributed by atoms with Crippen LogP contribution in [0.25, 0.3) is 11.5 Å². The highest BCUT2D eigenvalue weighted by atomic mass is 19.4. The molecule has 2 aromatic heterocycles. The predicted molar refractivity (Wildman–Crippen MR) is 95.6 cm³/mol. The van der Waals surface area contributed by atoms with Crippen LogP contribution in [0.2, 0.25) is 0 Å². The first-order valence-corrected chi connectivity index (χ1v) is 8.52. The molecule has 3 N–H and O–H groups in total. The van der Waals surface area contributed by atoms with Crippen molar-refractivity contribution >= 4 is 17.8 Å². The third-order valence-electron chi connectivity index (χ3n) is 3.89. The zero-order chi connectivity index (χ0) is 22.3. The van der Waals surface area contributed by atoms with Crippen LogP contribution in [-0.4, -0.2) is 82.3 Å². The molecule has 162 valence electrons. The van der Waals surface area contributed by atoms with Crippen molar-refractivity contribution in [2.45, 2.75) is 6.18 Å². The first-order valence-electron chi connectivity index (χ1n) is 8.52. The highest BCUT2D eigenvalue weighted by molar-refractivity contribution is 5.94. The Labute approximate surface area is 168 Å². The minimum Gasteiger partial charge on any atom is -0.475 e. The summed E-state index contributed by atoms with van der Waals surface area (Å²) in [7, 11) is 1.32. The number of carbonyl (C=O) groups is 3. The number of amides is 1. The number of ether oxygens (including phenoxy) is 1. The topological polar surface area (TPSA) is 138 Å². The summed E-state index contributed by atoms with van der Waals surface area (Å²) < 4.78 is 36.4. The predicted octanol–water partition coefficient (Wildman–Crippen LogP) is 0.937. The quantitative estimate of drug-likeness (QED) is 0.613. The normalized spacial score (nSPS) is 13.8. The summed E-state index contributed by atoms with van der Waals surface area (Å²) >= 11 is 0. The summed E-state index contributed by atoms with van der Waals surface area (Å²) in [6.45, 7) is 2.95. The lowest BCUT2D eigenvalue weighted by Crippen LogP contribution is -2.46. The molecule has 3 heterocycles. The number of carbonyl (C=O) groups excluding carboxylic acids is 2. The summed E-state index contributed by atoms with van der Waals surface area (Å²) in [4.78, 5) is 45.8. The van der Waals surface area contributed by atoms with Crippen LogP contribution in [0.1, 0.15) is 20.7 Å². The first kappa shape index (κ1) is 22.8. The molecule has 0 unspecified atom stereocenters. The standard InChI is InChI=1S/C15H17N5O3.C2HF3O2/c1-23-15(22)10-6-12(17-7-10)13-18-8-11(9-19-13)14(21)20-4-2-16-3-5-20;3-2(4,5)1(6)7/h6-9,16-17H,2-5H2,1H3;(H,6,7). The lowest BCUT2D eigenvalue weighted by molar-refractivity contribution is -0.192. The molecule has 0 aliphatic carbocycles. The van der Waals surface area contributed by atoms with Crippen LogP contribution in [0.5, 0.6) is 0 Å². The Kier molecular flexibility index (Phi) is 7.47. The van der Waals surface area contributed by atoms with Crippen LogP contribution in [0, 0.1) is 0 Å².